The van der Waals surface area contributed by atoms with Crippen LogP contribution in [0.4, 0.5) is 5.69 Å². The molecule has 83 valence electrons. The van der Waals surface area contributed by atoms with Crippen molar-refractivity contribution in [3.63, 3.8) is 0 Å². The van der Waals surface area contributed by atoms with Crippen LogP contribution >= 0.6 is 0 Å². The normalized spacial score (nSPS) is 10.6. The molecule has 2 aromatic rings. The third-order valence-corrected chi connectivity index (χ3v) is 2.78. The van der Waals surface area contributed by atoms with E-state index in [9.17, 15) is 0 Å². The van der Waals surface area contributed by atoms with Crippen molar-refractivity contribution in [1.82, 2.24) is 4.98 Å². The summed E-state index contributed by atoms with van der Waals surface area (Å²) < 4.78 is 0. The fraction of sp³-hybridized carbons (Fsp3) is 0.357. The highest BCUT2D eigenvalue weighted by atomic mass is 15.1. The molecule has 1 aromatic heterocycles. The highest BCUT2D eigenvalue weighted by Gasteiger charge is 2.02. The lowest BCUT2D eigenvalue weighted by Crippen LogP contribution is -2.18. The number of hydrogen-bond acceptors (Lipinski definition) is 2. The predicted molar refractivity (Wildman–Crippen MR) is 68.8 cm³/mol. The number of pyridine rings is 1. The van der Waals surface area contributed by atoms with Gasteiger partial charge in [-0.25, -0.2) is 4.98 Å². The summed E-state index contributed by atoms with van der Waals surface area (Å²) >= 11 is 0. The van der Waals surface area contributed by atoms with Crippen LogP contribution in [0.25, 0.3) is 10.9 Å². The second-order valence-corrected chi connectivity index (χ2v) is 4.09. The number of aromatic nitrogens is 1. The number of unbranched alkanes of at least 4 members (excludes halogenated alkanes) is 1. The molecule has 0 N–H and O–H groups in total. The second kappa shape index (κ2) is 4.97. The van der Waals surface area contributed by atoms with E-state index in [1.165, 1.54) is 18.2 Å². The summed E-state index contributed by atoms with van der Waals surface area (Å²) in [5.74, 6) is 0. The van der Waals surface area contributed by atoms with Crippen LogP contribution < -0.4 is 4.90 Å². The van der Waals surface area contributed by atoms with E-state index < -0.39 is 0 Å². The van der Waals surface area contributed by atoms with Gasteiger partial charge in [0, 0.05) is 19.0 Å². The lowest BCUT2D eigenvalue weighted by molar-refractivity contribution is 0.766. The minimum atomic E-state index is 1.01. The SMILES string of the molecule is CCCCN(C)c1[c]nc2ccccc2c1. The molecule has 0 aliphatic carbocycles. The fourth-order valence-electron chi connectivity index (χ4n) is 1.72. The van der Waals surface area contributed by atoms with Crippen LogP contribution in [0.5, 0.6) is 0 Å². The van der Waals surface area contributed by atoms with Crippen LogP contribution in [-0.2, 0) is 0 Å². The van der Waals surface area contributed by atoms with Crippen molar-refractivity contribution >= 4 is 16.6 Å². The molecule has 0 saturated carbocycles. The van der Waals surface area contributed by atoms with Crippen molar-refractivity contribution in [1.29, 1.82) is 0 Å². The van der Waals surface area contributed by atoms with E-state index in [0.717, 1.165) is 17.7 Å². The lowest BCUT2D eigenvalue weighted by atomic mass is 10.2. The Morgan fingerprint density at radius 2 is 2.12 bits per heavy atom. The molecular weight excluding hydrogens is 196 g/mol. The average molecular weight is 213 g/mol. The monoisotopic (exact) mass is 213 g/mol. The Morgan fingerprint density at radius 3 is 2.94 bits per heavy atom. The van der Waals surface area contributed by atoms with Crippen LogP contribution in [0, 0.1) is 6.20 Å². The smallest absolute Gasteiger partial charge is 0.115 e. The van der Waals surface area contributed by atoms with Gasteiger partial charge in [-0.1, -0.05) is 31.5 Å². The van der Waals surface area contributed by atoms with E-state index in [-0.39, 0.29) is 0 Å². The molecule has 2 heteroatoms. The Bertz CT molecular complexity index is 465. The minimum absolute atomic E-state index is 1.01. The Hall–Kier alpha value is -1.57. The lowest BCUT2D eigenvalue weighted by Gasteiger charge is -2.18. The van der Waals surface area contributed by atoms with Gasteiger partial charge in [0.15, 0.2) is 0 Å². The quantitative estimate of drug-likeness (QED) is 0.775. The van der Waals surface area contributed by atoms with Gasteiger partial charge >= 0.3 is 0 Å². The van der Waals surface area contributed by atoms with E-state index in [2.05, 4.69) is 42.2 Å². The highest BCUT2D eigenvalue weighted by Crippen LogP contribution is 2.18. The molecule has 16 heavy (non-hydrogen) atoms. The number of rotatable bonds is 4. The standard InChI is InChI=1S/C14H17N2/c1-3-4-9-16(2)13-10-12-7-5-6-8-14(12)15-11-13/h5-8,10H,3-4,9H2,1-2H3. The Kier molecular flexibility index (Phi) is 3.40. The summed E-state index contributed by atoms with van der Waals surface area (Å²) in [7, 11) is 2.10. The van der Waals surface area contributed by atoms with Gasteiger partial charge in [0.25, 0.3) is 0 Å². The third-order valence-electron chi connectivity index (χ3n) is 2.78. The van der Waals surface area contributed by atoms with Gasteiger partial charge < -0.3 is 4.90 Å². The van der Waals surface area contributed by atoms with Gasteiger partial charge in [0.1, 0.15) is 6.20 Å². The van der Waals surface area contributed by atoms with Crippen LogP contribution in [0.15, 0.2) is 30.3 Å². The number of anilines is 1. The molecule has 1 aromatic carbocycles. The number of nitrogens with zero attached hydrogens (tertiary/aromatic N) is 2. The van der Waals surface area contributed by atoms with E-state index in [4.69, 9.17) is 0 Å². The number of benzene rings is 1. The first-order valence-corrected chi connectivity index (χ1v) is 5.80. The molecule has 1 heterocycles. The van der Waals surface area contributed by atoms with Crippen molar-refractivity contribution in [2.75, 3.05) is 18.5 Å². The summed E-state index contributed by atoms with van der Waals surface area (Å²) in [6.45, 7) is 3.27. The zero-order valence-electron chi connectivity index (χ0n) is 9.90. The summed E-state index contributed by atoms with van der Waals surface area (Å²) in [5.41, 5.74) is 2.09. The molecule has 0 aliphatic rings. The summed E-state index contributed by atoms with van der Waals surface area (Å²) in [4.78, 5) is 6.55. The topological polar surface area (TPSA) is 16.1 Å². The van der Waals surface area contributed by atoms with Crippen molar-refractivity contribution < 1.29 is 0 Å². The average Bonchev–Trinajstić information content (AvgIpc) is 2.35. The highest BCUT2D eigenvalue weighted by molar-refractivity contribution is 5.81. The maximum Gasteiger partial charge on any atom is 0.115 e. The second-order valence-electron chi connectivity index (χ2n) is 4.09. The molecule has 0 amide bonds. The molecule has 0 unspecified atom stereocenters. The van der Waals surface area contributed by atoms with Crippen molar-refractivity contribution in [3.8, 4) is 0 Å². The van der Waals surface area contributed by atoms with E-state index in [1.54, 1.807) is 0 Å². The van der Waals surface area contributed by atoms with Crippen LogP contribution in [0.2, 0.25) is 0 Å². The van der Waals surface area contributed by atoms with E-state index in [0.29, 0.717) is 0 Å². The number of fused-ring (bicyclic) bond motifs is 1. The molecule has 2 nitrogen and oxygen atoms in total. The molecule has 2 rings (SSSR count). The summed E-state index contributed by atoms with van der Waals surface area (Å²) in [5, 5.41) is 1.18. The summed E-state index contributed by atoms with van der Waals surface area (Å²) in [6, 6.07) is 10.3. The summed E-state index contributed by atoms with van der Waals surface area (Å²) in [6.07, 6.45) is 5.52. The van der Waals surface area contributed by atoms with E-state index in [1.807, 2.05) is 18.2 Å². The Labute approximate surface area is 96.9 Å². The number of para-hydroxylation sites is 1. The molecule has 0 spiro atoms. The predicted octanol–water partition coefficient (Wildman–Crippen LogP) is 3.27. The first-order valence-electron chi connectivity index (χ1n) is 5.80. The largest absolute Gasteiger partial charge is 0.373 e. The Balaban J connectivity index is 2.25. The third kappa shape index (κ3) is 2.32. The number of hydrogen-bond donors (Lipinski definition) is 0. The van der Waals surface area contributed by atoms with Gasteiger partial charge in [0.05, 0.1) is 11.2 Å². The first-order chi connectivity index (χ1) is 7.81. The van der Waals surface area contributed by atoms with Crippen molar-refractivity contribution in [2.24, 2.45) is 0 Å². The first kappa shape index (κ1) is 10.9. The molecular formula is C14H17N2. The van der Waals surface area contributed by atoms with Crippen molar-refractivity contribution in [2.45, 2.75) is 19.8 Å². The maximum atomic E-state index is 4.34. The molecule has 0 fully saturated rings. The van der Waals surface area contributed by atoms with Gasteiger partial charge in [-0.2, -0.15) is 0 Å². The van der Waals surface area contributed by atoms with Gasteiger partial charge in [-0.3, -0.25) is 0 Å². The zero-order valence-corrected chi connectivity index (χ0v) is 9.90. The minimum Gasteiger partial charge on any atom is -0.373 e. The molecule has 0 atom stereocenters. The molecule has 0 bridgehead atoms. The van der Waals surface area contributed by atoms with Crippen LogP contribution in [-0.4, -0.2) is 18.6 Å². The van der Waals surface area contributed by atoms with Crippen LogP contribution in [0.3, 0.4) is 0 Å². The Morgan fingerprint density at radius 1 is 1.31 bits per heavy atom. The maximum absolute atomic E-state index is 4.34. The van der Waals surface area contributed by atoms with Crippen LogP contribution in [0.1, 0.15) is 19.8 Å². The molecule has 0 saturated heterocycles. The van der Waals surface area contributed by atoms with Gasteiger partial charge in [-0.05, 0) is 18.6 Å². The molecule has 0 aliphatic heterocycles. The van der Waals surface area contributed by atoms with Gasteiger partial charge in [-0.15, -0.1) is 0 Å². The fourth-order valence-corrected chi connectivity index (χ4v) is 1.72. The molecule has 1 radical (unpaired) electrons. The van der Waals surface area contributed by atoms with Crippen molar-refractivity contribution in [3.05, 3.63) is 36.5 Å². The van der Waals surface area contributed by atoms with Gasteiger partial charge in [0.2, 0.25) is 0 Å². The zero-order chi connectivity index (χ0) is 11.4. The van der Waals surface area contributed by atoms with E-state index >= 15 is 0 Å².